The van der Waals surface area contributed by atoms with E-state index in [1.165, 1.54) is 24.3 Å². The first kappa shape index (κ1) is 21.2. The predicted molar refractivity (Wildman–Crippen MR) is 102 cm³/mol. The molecular weight excluding hydrogens is 419 g/mol. The summed E-state index contributed by atoms with van der Waals surface area (Å²) in [4.78, 5) is 22.1. The Balaban J connectivity index is 1.96. The molecule has 144 valence electrons. The van der Waals surface area contributed by atoms with E-state index in [0.717, 1.165) is 0 Å². The summed E-state index contributed by atoms with van der Waals surface area (Å²) in [6.07, 6.45) is -3.14. The lowest BCUT2D eigenvalue weighted by Gasteiger charge is -2.25. The number of aliphatic hydroxyl groups excluding tert-OH is 1. The molecule has 7 nitrogen and oxygen atoms in total. The lowest BCUT2D eigenvalue weighted by atomic mass is 10.1. The highest BCUT2D eigenvalue weighted by Crippen LogP contribution is 2.42. The molecule has 10 heteroatoms. The van der Waals surface area contributed by atoms with Crippen molar-refractivity contribution < 1.29 is 19.6 Å². The number of nitrogens with zero attached hydrogens (tertiary/aromatic N) is 1. The van der Waals surface area contributed by atoms with Gasteiger partial charge >= 0.3 is 6.09 Å². The first-order valence-electron chi connectivity index (χ1n) is 7.67. The molecule has 0 radical (unpaired) electrons. The Morgan fingerprint density at radius 1 is 1.11 bits per heavy atom. The summed E-state index contributed by atoms with van der Waals surface area (Å²) in [7, 11) is 0. The highest BCUT2D eigenvalue weighted by atomic mass is 35.6. The number of nitro groups is 1. The fourth-order valence-corrected chi connectivity index (χ4v) is 2.73. The molecule has 0 heterocycles. The van der Waals surface area contributed by atoms with E-state index in [-0.39, 0.29) is 12.2 Å². The van der Waals surface area contributed by atoms with E-state index >= 15 is 0 Å². The minimum atomic E-state index is -1.89. The van der Waals surface area contributed by atoms with E-state index in [9.17, 15) is 20.0 Å². The van der Waals surface area contributed by atoms with Crippen molar-refractivity contribution in [1.82, 2.24) is 5.32 Å². The number of benzene rings is 2. The number of nitrogens with one attached hydrogen (secondary N) is 1. The molecule has 0 fully saturated rings. The lowest BCUT2D eigenvalue weighted by molar-refractivity contribution is -0.384. The van der Waals surface area contributed by atoms with E-state index in [2.05, 4.69) is 5.32 Å². The number of amides is 1. The van der Waals surface area contributed by atoms with E-state index in [0.29, 0.717) is 11.1 Å². The molecule has 2 rings (SSSR count). The molecule has 2 atom stereocenters. The molecule has 2 aromatic rings. The van der Waals surface area contributed by atoms with Gasteiger partial charge in [-0.1, -0.05) is 65.1 Å². The van der Waals surface area contributed by atoms with Crippen LogP contribution in [0.25, 0.3) is 0 Å². The number of alkyl halides is 3. The van der Waals surface area contributed by atoms with Gasteiger partial charge in [0.1, 0.15) is 0 Å². The van der Waals surface area contributed by atoms with Crippen molar-refractivity contribution in [2.45, 2.75) is 16.0 Å². The van der Waals surface area contributed by atoms with Gasteiger partial charge in [-0.3, -0.25) is 10.1 Å². The van der Waals surface area contributed by atoms with Crippen LogP contribution >= 0.6 is 34.8 Å². The fraction of sp³-hybridized carbons (Fsp3) is 0.235. The zero-order chi connectivity index (χ0) is 20.0. The minimum absolute atomic E-state index is 0.105. The van der Waals surface area contributed by atoms with E-state index in [4.69, 9.17) is 39.5 Å². The van der Waals surface area contributed by atoms with Gasteiger partial charge in [-0.2, -0.15) is 0 Å². The number of hydrogen-bond donors (Lipinski definition) is 2. The van der Waals surface area contributed by atoms with Gasteiger partial charge in [0, 0.05) is 12.1 Å². The third-order valence-electron chi connectivity index (χ3n) is 3.55. The van der Waals surface area contributed by atoms with E-state index < -0.39 is 27.0 Å². The van der Waals surface area contributed by atoms with Crippen molar-refractivity contribution in [3.8, 4) is 0 Å². The average molecular weight is 434 g/mol. The number of hydrogen-bond acceptors (Lipinski definition) is 5. The first-order valence-corrected chi connectivity index (χ1v) is 8.80. The Hall–Kier alpha value is -2.06. The molecule has 0 unspecified atom stereocenters. The molecule has 27 heavy (non-hydrogen) atoms. The first-order chi connectivity index (χ1) is 12.7. The molecule has 0 aliphatic rings. The maximum Gasteiger partial charge on any atom is 0.408 e. The molecule has 0 aromatic heterocycles. The second kappa shape index (κ2) is 9.23. The summed E-state index contributed by atoms with van der Waals surface area (Å²) < 4.78 is 3.30. The predicted octanol–water partition coefficient (Wildman–Crippen LogP) is 4.47. The van der Waals surface area contributed by atoms with Crippen LogP contribution in [0.1, 0.15) is 23.3 Å². The van der Waals surface area contributed by atoms with Gasteiger partial charge in [-0.05, 0) is 23.3 Å². The average Bonchev–Trinajstić information content (AvgIpc) is 2.64. The van der Waals surface area contributed by atoms with Gasteiger partial charge in [0.2, 0.25) is 3.79 Å². The van der Waals surface area contributed by atoms with Crippen molar-refractivity contribution in [3.63, 3.8) is 0 Å². The Morgan fingerprint density at radius 2 is 1.70 bits per heavy atom. The monoisotopic (exact) mass is 432 g/mol. The van der Waals surface area contributed by atoms with Crippen molar-refractivity contribution in [1.29, 1.82) is 0 Å². The Kier molecular flexibility index (Phi) is 7.26. The molecule has 0 saturated carbocycles. The molecule has 1 amide bonds. The van der Waals surface area contributed by atoms with Gasteiger partial charge in [-0.25, -0.2) is 4.79 Å². The van der Waals surface area contributed by atoms with Gasteiger partial charge in [0.15, 0.2) is 6.10 Å². The Morgan fingerprint density at radius 3 is 2.22 bits per heavy atom. The smallest absolute Gasteiger partial charge is 0.408 e. The van der Waals surface area contributed by atoms with Gasteiger partial charge < -0.3 is 15.2 Å². The highest BCUT2D eigenvalue weighted by Gasteiger charge is 2.37. The molecule has 0 bridgehead atoms. The van der Waals surface area contributed by atoms with Crippen molar-refractivity contribution in [2.24, 2.45) is 0 Å². The van der Waals surface area contributed by atoms with Crippen molar-refractivity contribution >= 4 is 46.6 Å². The molecule has 0 spiro atoms. The number of rotatable bonds is 6. The lowest BCUT2D eigenvalue weighted by Crippen LogP contribution is -2.33. The van der Waals surface area contributed by atoms with Gasteiger partial charge in [-0.15, -0.1) is 0 Å². The number of carbonyl (C=O) groups is 1. The molecular formula is C17H15Cl3N2O5. The summed E-state index contributed by atoms with van der Waals surface area (Å²) in [5, 5.41) is 23.1. The minimum Gasteiger partial charge on any atom is -0.437 e. The number of aliphatic hydroxyl groups is 1. The molecule has 0 aliphatic carbocycles. The van der Waals surface area contributed by atoms with E-state index in [1.54, 1.807) is 30.3 Å². The van der Waals surface area contributed by atoms with Crippen LogP contribution in [-0.4, -0.2) is 26.5 Å². The number of non-ortho nitro benzene ring substituents is 1. The molecule has 0 aliphatic heterocycles. The second-order valence-corrected chi connectivity index (χ2v) is 7.85. The summed E-state index contributed by atoms with van der Waals surface area (Å²) in [5.41, 5.74) is 0.775. The fourth-order valence-electron chi connectivity index (χ4n) is 2.22. The summed E-state index contributed by atoms with van der Waals surface area (Å²) in [6.45, 7) is -0.196. The number of alkyl carbamates (subject to hydrolysis) is 1. The van der Waals surface area contributed by atoms with Crippen LogP contribution in [0.2, 0.25) is 0 Å². The van der Waals surface area contributed by atoms with Crippen LogP contribution < -0.4 is 5.32 Å². The standard InChI is InChI=1S/C17H15Cl3N2O5/c18-17(19,20)15(12-4-2-1-3-5-12)27-16(24)21-10-14(23)11-6-8-13(9-7-11)22(25)26/h1-9,14-15,23H,10H2,(H,21,24)/t14-,15+/m0/s1. The van der Waals surface area contributed by atoms with Gasteiger partial charge in [0.25, 0.3) is 5.69 Å². The van der Waals surface area contributed by atoms with Crippen LogP contribution in [0.3, 0.4) is 0 Å². The summed E-state index contributed by atoms with van der Waals surface area (Å²) >= 11 is 17.7. The van der Waals surface area contributed by atoms with Crippen LogP contribution in [0.4, 0.5) is 10.5 Å². The summed E-state index contributed by atoms with van der Waals surface area (Å²) in [5.74, 6) is 0. The number of carbonyl (C=O) groups excluding carboxylic acids is 1. The van der Waals surface area contributed by atoms with Crippen LogP contribution in [0, 0.1) is 10.1 Å². The van der Waals surface area contributed by atoms with Crippen LogP contribution in [0.15, 0.2) is 54.6 Å². The summed E-state index contributed by atoms with van der Waals surface area (Å²) in [6, 6.07) is 13.8. The number of halogens is 3. The molecule has 2 N–H and O–H groups in total. The second-order valence-electron chi connectivity index (χ2n) is 5.48. The van der Waals surface area contributed by atoms with Crippen LogP contribution in [0.5, 0.6) is 0 Å². The Bertz CT molecular complexity index is 781. The van der Waals surface area contributed by atoms with Crippen LogP contribution in [-0.2, 0) is 4.74 Å². The molecule has 2 aromatic carbocycles. The van der Waals surface area contributed by atoms with Gasteiger partial charge in [0.05, 0.1) is 17.6 Å². The number of nitro benzene ring substituents is 1. The normalized spacial score (nSPS) is 13.5. The zero-order valence-electron chi connectivity index (χ0n) is 13.7. The maximum absolute atomic E-state index is 12.0. The SMILES string of the molecule is O=C(NC[C@H](O)c1ccc([N+](=O)[O-])cc1)O[C@H](c1ccccc1)C(Cl)(Cl)Cl. The maximum atomic E-state index is 12.0. The van der Waals surface area contributed by atoms with E-state index in [1.807, 2.05) is 0 Å². The third-order valence-corrected chi connectivity index (χ3v) is 4.15. The molecule has 0 saturated heterocycles. The quantitative estimate of drug-likeness (QED) is 0.398. The van der Waals surface area contributed by atoms with Crippen molar-refractivity contribution in [2.75, 3.05) is 6.54 Å². The third kappa shape index (κ3) is 6.25. The zero-order valence-corrected chi connectivity index (χ0v) is 16.0. The highest BCUT2D eigenvalue weighted by molar-refractivity contribution is 6.68. The Labute approximate surface area is 169 Å². The van der Waals surface area contributed by atoms with Crippen molar-refractivity contribution in [3.05, 3.63) is 75.8 Å². The largest absolute Gasteiger partial charge is 0.437 e. The number of ether oxygens (including phenoxy) is 1. The topological polar surface area (TPSA) is 102 Å².